The summed E-state index contributed by atoms with van der Waals surface area (Å²) in [6.45, 7) is 4.96. The summed E-state index contributed by atoms with van der Waals surface area (Å²) in [4.78, 5) is 33.5. The summed E-state index contributed by atoms with van der Waals surface area (Å²) in [5.41, 5.74) is 1.54. The summed E-state index contributed by atoms with van der Waals surface area (Å²) in [5.74, 6) is -0.276. The molecule has 146 valence electrons. The van der Waals surface area contributed by atoms with Gasteiger partial charge in [0, 0.05) is 36.6 Å². The Bertz CT molecular complexity index is 1090. The van der Waals surface area contributed by atoms with E-state index in [4.69, 9.17) is 0 Å². The van der Waals surface area contributed by atoms with Crippen LogP contribution in [0.3, 0.4) is 0 Å². The highest BCUT2D eigenvalue weighted by Gasteiger charge is 2.35. The van der Waals surface area contributed by atoms with Crippen LogP contribution in [0.2, 0.25) is 0 Å². The van der Waals surface area contributed by atoms with Gasteiger partial charge in [0.2, 0.25) is 0 Å². The monoisotopic (exact) mass is 380 g/mol. The number of nitrogens with one attached hydrogen (secondary N) is 1. The normalized spacial score (nSPS) is 16.5. The van der Waals surface area contributed by atoms with Crippen LogP contribution < -0.4 is 5.56 Å². The number of pyridine rings is 2. The number of piperidine rings is 1. The molecule has 0 aromatic carbocycles. The first-order chi connectivity index (χ1) is 13.4. The van der Waals surface area contributed by atoms with Crippen LogP contribution in [-0.4, -0.2) is 49.1 Å². The minimum atomic E-state index is -0.895. The largest absolute Gasteiger partial charge is 0.388 e. The quantitative estimate of drug-likeness (QED) is 0.727. The summed E-state index contributed by atoms with van der Waals surface area (Å²) in [5, 5.41) is 12.1. The van der Waals surface area contributed by atoms with E-state index in [2.05, 4.69) is 9.97 Å². The molecular weight excluding hydrogens is 356 g/mol. The molecule has 0 radical (unpaired) electrons. The highest BCUT2D eigenvalue weighted by molar-refractivity contribution is 5.94. The first-order valence-corrected chi connectivity index (χ1v) is 9.47. The molecule has 3 aromatic heterocycles. The Kier molecular flexibility index (Phi) is 4.55. The molecule has 0 atom stereocenters. The van der Waals surface area contributed by atoms with E-state index >= 15 is 0 Å². The average Bonchev–Trinajstić information content (AvgIpc) is 3.07. The number of aromatic amines is 1. The molecule has 0 unspecified atom stereocenters. The van der Waals surface area contributed by atoms with Gasteiger partial charge in [-0.3, -0.25) is 14.6 Å². The molecule has 1 fully saturated rings. The van der Waals surface area contributed by atoms with Crippen molar-refractivity contribution >= 4 is 16.8 Å². The molecule has 4 rings (SSSR count). The molecule has 1 saturated heterocycles. The number of aromatic nitrogens is 3. The van der Waals surface area contributed by atoms with Gasteiger partial charge < -0.3 is 19.6 Å². The smallest absolute Gasteiger partial charge is 0.261 e. The summed E-state index contributed by atoms with van der Waals surface area (Å²) < 4.78 is 2.01. The van der Waals surface area contributed by atoms with Gasteiger partial charge in [0.1, 0.15) is 5.56 Å². The Morgan fingerprint density at radius 3 is 2.79 bits per heavy atom. The lowest BCUT2D eigenvalue weighted by molar-refractivity contribution is -0.0284. The molecule has 1 amide bonds. The molecule has 0 bridgehead atoms. The van der Waals surface area contributed by atoms with Gasteiger partial charge in [-0.05, 0) is 50.5 Å². The number of amides is 1. The Balaban J connectivity index is 1.47. The van der Waals surface area contributed by atoms with Gasteiger partial charge in [0.15, 0.2) is 0 Å². The van der Waals surface area contributed by atoms with Crippen molar-refractivity contribution in [2.75, 3.05) is 13.1 Å². The Morgan fingerprint density at radius 1 is 1.29 bits per heavy atom. The fraction of sp³-hybridized carbons (Fsp3) is 0.381. The fourth-order valence-electron chi connectivity index (χ4n) is 3.82. The van der Waals surface area contributed by atoms with Gasteiger partial charge in [-0.25, -0.2) is 0 Å². The van der Waals surface area contributed by atoms with Crippen LogP contribution in [0.1, 0.15) is 34.5 Å². The van der Waals surface area contributed by atoms with Crippen LogP contribution >= 0.6 is 0 Å². The molecule has 1 aliphatic rings. The number of fused-ring (bicyclic) bond motifs is 1. The number of aliphatic hydroxyl groups is 1. The van der Waals surface area contributed by atoms with E-state index in [0.29, 0.717) is 32.5 Å². The number of likely N-dealkylation sites (tertiary alicyclic amines) is 1. The first kappa shape index (κ1) is 18.4. The van der Waals surface area contributed by atoms with E-state index in [9.17, 15) is 14.7 Å². The van der Waals surface area contributed by atoms with E-state index in [-0.39, 0.29) is 17.0 Å². The van der Waals surface area contributed by atoms with Crippen molar-refractivity contribution in [3.8, 4) is 0 Å². The third kappa shape index (κ3) is 3.33. The maximum absolute atomic E-state index is 12.8. The highest BCUT2D eigenvalue weighted by atomic mass is 16.3. The van der Waals surface area contributed by atoms with Crippen molar-refractivity contribution in [1.29, 1.82) is 0 Å². The predicted octanol–water partition coefficient (Wildman–Crippen LogP) is 2.01. The zero-order valence-electron chi connectivity index (χ0n) is 16.1. The van der Waals surface area contributed by atoms with Crippen molar-refractivity contribution in [2.45, 2.75) is 38.8 Å². The van der Waals surface area contributed by atoms with Crippen molar-refractivity contribution in [1.82, 2.24) is 19.4 Å². The molecule has 7 nitrogen and oxygen atoms in total. The summed E-state index contributed by atoms with van der Waals surface area (Å²) in [7, 11) is 0. The van der Waals surface area contributed by atoms with E-state index in [1.807, 2.05) is 36.7 Å². The van der Waals surface area contributed by atoms with E-state index in [1.165, 1.54) is 0 Å². The van der Waals surface area contributed by atoms with Crippen LogP contribution in [0.4, 0.5) is 0 Å². The Hall–Kier alpha value is -2.93. The van der Waals surface area contributed by atoms with Gasteiger partial charge in [-0.2, -0.15) is 0 Å². The minimum absolute atomic E-state index is 0.163. The number of aryl methyl sites for hydroxylation is 2. The highest BCUT2D eigenvalue weighted by Crippen LogP contribution is 2.27. The van der Waals surface area contributed by atoms with Crippen LogP contribution in [0.15, 0.2) is 41.6 Å². The van der Waals surface area contributed by atoms with E-state index in [1.54, 1.807) is 23.4 Å². The SMILES string of the molecule is Cc1cc(C(=O)N2CCC(O)(Cn3ccc4ccncc43)CC2)c(=O)[nH]c1C. The lowest BCUT2D eigenvalue weighted by Crippen LogP contribution is -2.49. The van der Waals surface area contributed by atoms with Crippen LogP contribution in [-0.2, 0) is 6.54 Å². The third-order valence-corrected chi connectivity index (χ3v) is 5.75. The summed E-state index contributed by atoms with van der Waals surface area (Å²) in [6, 6.07) is 5.60. The molecule has 0 spiro atoms. The summed E-state index contributed by atoms with van der Waals surface area (Å²) >= 11 is 0. The van der Waals surface area contributed by atoms with Crippen LogP contribution in [0.5, 0.6) is 0 Å². The topological polar surface area (TPSA) is 91.2 Å². The Labute approximate surface area is 162 Å². The van der Waals surface area contributed by atoms with Crippen molar-refractivity contribution in [3.63, 3.8) is 0 Å². The van der Waals surface area contributed by atoms with Gasteiger partial charge >= 0.3 is 0 Å². The fourth-order valence-corrected chi connectivity index (χ4v) is 3.82. The number of H-pyrrole nitrogens is 1. The van der Waals surface area contributed by atoms with Gasteiger partial charge in [-0.1, -0.05) is 0 Å². The molecule has 2 N–H and O–H groups in total. The van der Waals surface area contributed by atoms with Crippen molar-refractivity contribution in [2.24, 2.45) is 0 Å². The molecule has 0 aliphatic carbocycles. The maximum atomic E-state index is 12.8. The second kappa shape index (κ2) is 6.91. The third-order valence-electron chi connectivity index (χ3n) is 5.75. The lowest BCUT2D eigenvalue weighted by Gasteiger charge is -2.38. The molecule has 0 saturated carbocycles. The summed E-state index contributed by atoms with van der Waals surface area (Å²) in [6.07, 6.45) is 6.42. The molecule has 4 heterocycles. The number of hydrogen-bond acceptors (Lipinski definition) is 4. The van der Waals surface area contributed by atoms with Gasteiger partial charge in [0.05, 0.1) is 23.9 Å². The molecule has 7 heteroatoms. The zero-order valence-corrected chi connectivity index (χ0v) is 16.1. The minimum Gasteiger partial charge on any atom is -0.388 e. The number of rotatable bonds is 3. The first-order valence-electron chi connectivity index (χ1n) is 9.47. The van der Waals surface area contributed by atoms with E-state index in [0.717, 1.165) is 22.2 Å². The van der Waals surface area contributed by atoms with Crippen molar-refractivity contribution < 1.29 is 9.90 Å². The van der Waals surface area contributed by atoms with Gasteiger partial charge in [0.25, 0.3) is 11.5 Å². The van der Waals surface area contributed by atoms with Crippen LogP contribution in [0, 0.1) is 13.8 Å². The Morgan fingerprint density at radius 2 is 2.04 bits per heavy atom. The predicted molar refractivity (Wildman–Crippen MR) is 106 cm³/mol. The standard InChI is InChI=1S/C21H24N4O3/c1-14-11-17(19(26)23-15(14)2)20(27)24-9-5-21(28,6-10-24)13-25-8-4-16-3-7-22-12-18(16)25/h3-4,7-8,11-12,28H,5-6,9-10,13H2,1-2H3,(H,23,26). The number of carbonyl (C=O) groups excluding carboxylic acids is 1. The molecular formula is C21H24N4O3. The zero-order chi connectivity index (χ0) is 19.9. The number of nitrogens with zero attached hydrogens (tertiary/aromatic N) is 3. The second-order valence-corrected chi connectivity index (χ2v) is 7.71. The second-order valence-electron chi connectivity index (χ2n) is 7.71. The number of hydrogen-bond donors (Lipinski definition) is 2. The molecule has 28 heavy (non-hydrogen) atoms. The van der Waals surface area contributed by atoms with Crippen molar-refractivity contribution in [3.05, 3.63) is 64.0 Å². The van der Waals surface area contributed by atoms with E-state index < -0.39 is 5.60 Å². The average molecular weight is 380 g/mol. The molecule has 1 aliphatic heterocycles. The number of carbonyl (C=O) groups is 1. The lowest BCUT2D eigenvalue weighted by atomic mass is 9.91. The molecule has 3 aromatic rings. The van der Waals surface area contributed by atoms with Gasteiger partial charge in [-0.15, -0.1) is 0 Å². The van der Waals surface area contributed by atoms with Crippen LogP contribution in [0.25, 0.3) is 10.9 Å². The maximum Gasteiger partial charge on any atom is 0.261 e.